The SMILES string of the molecule is CCS(=O)(=O)N1CCC(C(=O)NCC2CC=CCC2)CC1. The number of nitrogens with one attached hydrogen (secondary N) is 1. The summed E-state index contributed by atoms with van der Waals surface area (Å²) in [5.41, 5.74) is 0. The molecule has 0 aromatic carbocycles. The molecule has 0 saturated carbocycles. The van der Waals surface area contributed by atoms with Gasteiger partial charge in [-0.25, -0.2) is 12.7 Å². The Labute approximate surface area is 127 Å². The van der Waals surface area contributed by atoms with E-state index in [-0.39, 0.29) is 17.6 Å². The summed E-state index contributed by atoms with van der Waals surface area (Å²) in [5, 5.41) is 3.05. The third kappa shape index (κ3) is 4.54. The molecule has 1 heterocycles. The summed E-state index contributed by atoms with van der Waals surface area (Å²) in [5.74, 6) is 0.754. The molecule has 1 N–H and O–H groups in total. The van der Waals surface area contributed by atoms with Gasteiger partial charge in [-0.1, -0.05) is 12.2 Å². The molecular weight excluding hydrogens is 288 g/mol. The van der Waals surface area contributed by atoms with Crippen LogP contribution in [0, 0.1) is 11.8 Å². The van der Waals surface area contributed by atoms with E-state index in [0.29, 0.717) is 31.8 Å². The number of piperidine rings is 1. The Morgan fingerprint density at radius 2 is 1.95 bits per heavy atom. The lowest BCUT2D eigenvalue weighted by Gasteiger charge is -2.30. The fourth-order valence-corrected chi connectivity index (χ4v) is 4.14. The average Bonchev–Trinajstić information content (AvgIpc) is 2.53. The monoisotopic (exact) mass is 314 g/mol. The number of sulfonamides is 1. The van der Waals surface area contributed by atoms with Crippen molar-refractivity contribution in [2.45, 2.75) is 39.0 Å². The van der Waals surface area contributed by atoms with E-state index in [4.69, 9.17) is 0 Å². The maximum atomic E-state index is 12.2. The molecule has 2 rings (SSSR count). The van der Waals surface area contributed by atoms with Crippen LogP contribution in [0.1, 0.15) is 39.0 Å². The Morgan fingerprint density at radius 3 is 2.52 bits per heavy atom. The molecule has 21 heavy (non-hydrogen) atoms. The van der Waals surface area contributed by atoms with Gasteiger partial charge in [0, 0.05) is 25.6 Å². The molecular formula is C15H26N2O3S. The van der Waals surface area contributed by atoms with Crippen molar-refractivity contribution in [1.29, 1.82) is 0 Å². The molecule has 120 valence electrons. The second-order valence-electron chi connectivity index (χ2n) is 5.97. The van der Waals surface area contributed by atoms with E-state index in [2.05, 4.69) is 17.5 Å². The van der Waals surface area contributed by atoms with E-state index < -0.39 is 10.0 Å². The van der Waals surface area contributed by atoms with Crippen LogP contribution in [0.15, 0.2) is 12.2 Å². The highest BCUT2D eigenvalue weighted by Crippen LogP contribution is 2.21. The summed E-state index contributed by atoms with van der Waals surface area (Å²) in [4.78, 5) is 12.2. The van der Waals surface area contributed by atoms with Crippen LogP contribution in [0.25, 0.3) is 0 Å². The smallest absolute Gasteiger partial charge is 0.223 e. The van der Waals surface area contributed by atoms with Crippen LogP contribution < -0.4 is 5.32 Å². The number of carbonyl (C=O) groups excluding carboxylic acids is 1. The largest absolute Gasteiger partial charge is 0.356 e. The highest BCUT2D eigenvalue weighted by Gasteiger charge is 2.30. The maximum Gasteiger partial charge on any atom is 0.223 e. The lowest BCUT2D eigenvalue weighted by Crippen LogP contribution is -2.44. The van der Waals surface area contributed by atoms with Gasteiger partial charge in [0.1, 0.15) is 0 Å². The van der Waals surface area contributed by atoms with E-state index in [1.54, 1.807) is 6.92 Å². The second kappa shape index (κ2) is 7.40. The number of carbonyl (C=O) groups is 1. The van der Waals surface area contributed by atoms with Crippen LogP contribution in [0.2, 0.25) is 0 Å². The molecule has 1 saturated heterocycles. The van der Waals surface area contributed by atoms with Gasteiger partial charge in [0.05, 0.1) is 5.75 Å². The van der Waals surface area contributed by atoms with Gasteiger partial charge in [-0.05, 0) is 44.9 Å². The number of hydrogen-bond donors (Lipinski definition) is 1. The number of amides is 1. The first-order chi connectivity index (χ1) is 10.0. The van der Waals surface area contributed by atoms with E-state index in [1.807, 2.05) is 0 Å². The zero-order chi connectivity index (χ0) is 15.3. The molecule has 1 aliphatic heterocycles. The maximum absolute atomic E-state index is 12.2. The third-order valence-electron chi connectivity index (χ3n) is 4.53. The van der Waals surface area contributed by atoms with Crippen LogP contribution in [0.4, 0.5) is 0 Å². The van der Waals surface area contributed by atoms with Gasteiger partial charge in [0.15, 0.2) is 0 Å². The highest BCUT2D eigenvalue weighted by molar-refractivity contribution is 7.89. The first-order valence-corrected chi connectivity index (χ1v) is 9.54. The van der Waals surface area contributed by atoms with E-state index in [9.17, 15) is 13.2 Å². The van der Waals surface area contributed by atoms with Crippen LogP contribution in [-0.2, 0) is 14.8 Å². The molecule has 0 bridgehead atoms. The number of allylic oxidation sites excluding steroid dienone is 2. The quantitative estimate of drug-likeness (QED) is 0.782. The topological polar surface area (TPSA) is 66.5 Å². The van der Waals surface area contributed by atoms with Gasteiger partial charge in [-0.3, -0.25) is 4.79 Å². The predicted octanol–water partition coefficient (Wildman–Crippen LogP) is 1.52. The normalized spacial score (nSPS) is 24.9. The summed E-state index contributed by atoms with van der Waals surface area (Å²) in [6, 6.07) is 0. The Balaban J connectivity index is 1.74. The first kappa shape index (κ1) is 16.5. The Bertz CT molecular complexity index is 479. The Hall–Kier alpha value is -0.880. The number of rotatable bonds is 5. The predicted molar refractivity (Wildman–Crippen MR) is 83.2 cm³/mol. The highest BCUT2D eigenvalue weighted by atomic mass is 32.2. The van der Waals surface area contributed by atoms with Crippen LogP contribution in [0.5, 0.6) is 0 Å². The summed E-state index contributed by atoms with van der Waals surface area (Å²) >= 11 is 0. The summed E-state index contributed by atoms with van der Waals surface area (Å²) in [6.07, 6.45) is 8.95. The van der Waals surface area contributed by atoms with Crippen LogP contribution in [0.3, 0.4) is 0 Å². The molecule has 5 nitrogen and oxygen atoms in total. The zero-order valence-electron chi connectivity index (χ0n) is 12.8. The van der Waals surface area contributed by atoms with Gasteiger partial charge >= 0.3 is 0 Å². The Kier molecular flexibility index (Phi) is 5.81. The van der Waals surface area contributed by atoms with Crippen LogP contribution >= 0.6 is 0 Å². The first-order valence-electron chi connectivity index (χ1n) is 7.93. The van der Waals surface area contributed by atoms with Crippen molar-refractivity contribution in [2.24, 2.45) is 11.8 Å². The average molecular weight is 314 g/mol. The van der Waals surface area contributed by atoms with Crippen LogP contribution in [-0.4, -0.2) is 44.0 Å². The molecule has 0 aromatic heterocycles. The van der Waals surface area contributed by atoms with Crippen molar-refractivity contribution in [3.63, 3.8) is 0 Å². The van der Waals surface area contributed by atoms with Gasteiger partial charge in [-0.2, -0.15) is 0 Å². The molecule has 1 fully saturated rings. The minimum atomic E-state index is -3.11. The van der Waals surface area contributed by atoms with Crippen molar-refractivity contribution in [3.05, 3.63) is 12.2 Å². The second-order valence-corrected chi connectivity index (χ2v) is 8.23. The van der Waals surface area contributed by atoms with Crippen molar-refractivity contribution in [2.75, 3.05) is 25.4 Å². The third-order valence-corrected chi connectivity index (χ3v) is 6.41. The molecule has 0 aromatic rings. The molecule has 1 aliphatic carbocycles. The summed E-state index contributed by atoms with van der Waals surface area (Å²) in [7, 11) is -3.11. The molecule has 0 radical (unpaired) electrons. The lowest BCUT2D eigenvalue weighted by molar-refractivity contribution is -0.126. The zero-order valence-corrected chi connectivity index (χ0v) is 13.6. The van der Waals surface area contributed by atoms with E-state index >= 15 is 0 Å². The van der Waals surface area contributed by atoms with Crippen molar-refractivity contribution in [1.82, 2.24) is 9.62 Å². The van der Waals surface area contributed by atoms with E-state index in [0.717, 1.165) is 25.8 Å². The van der Waals surface area contributed by atoms with E-state index in [1.165, 1.54) is 4.31 Å². The van der Waals surface area contributed by atoms with Gasteiger partial charge in [-0.15, -0.1) is 0 Å². The van der Waals surface area contributed by atoms with Gasteiger partial charge < -0.3 is 5.32 Å². The minimum absolute atomic E-state index is 0.0348. The number of hydrogen-bond acceptors (Lipinski definition) is 3. The summed E-state index contributed by atoms with van der Waals surface area (Å²) < 4.78 is 25.1. The number of nitrogens with zero attached hydrogens (tertiary/aromatic N) is 1. The van der Waals surface area contributed by atoms with Gasteiger partial charge in [0.2, 0.25) is 15.9 Å². The molecule has 1 amide bonds. The molecule has 6 heteroatoms. The van der Waals surface area contributed by atoms with Crippen molar-refractivity contribution in [3.8, 4) is 0 Å². The minimum Gasteiger partial charge on any atom is -0.356 e. The molecule has 1 atom stereocenters. The molecule has 1 unspecified atom stereocenters. The van der Waals surface area contributed by atoms with Crippen molar-refractivity contribution >= 4 is 15.9 Å². The lowest BCUT2D eigenvalue weighted by atomic mass is 9.93. The fourth-order valence-electron chi connectivity index (χ4n) is 3.01. The van der Waals surface area contributed by atoms with Gasteiger partial charge in [0.25, 0.3) is 0 Å². The fraction of sp³-hybridized carbons (Fsp3) is 0.800. The molecule has 2 aliphatic rings. The Morgan fingerprint density at radius 1 is 1.24 bits per heavy atom. The molecule has 0 spiro atoms. The van der Waals surface area contributed by atoms with Crippen molar-refractivity contribution < 1.29 is 13.2 Å². The summed E-state index contributed by atoms with van der Waals surface area (Å²) in [6.45, 7) is 3.35. The standard InChI is InChI=1S/C15H26N2O3S/c1-2-21(19,20)17-10-8-14(9-11-17)15(18)16-12-13-6-4-3-5-7-13/h3-4,13-14H,2,5-12H2,1H3,(H,16,18).